The van der Waals surface area contributed by atoms with Gasteiger partial charge in [0.05, 0.1) is 6.33 Å². The first-order valence-electron chi connectivity index (χ1n) is 5.46. The Morgan fingerprint density at radius 3 is 2.33 bits per heavy atom. The van der Waals surface area contributed by atoms with Gasteiger partial charge in [0.2, 0.25) is 0 Å². The number of alkyl halides is 3. The summed E-state index contributed by atoms with van der Waals surface area (Å²) in [7, 11) is 0. The third-order valence-corrected chi connectivity index (χ3v) is 2.50. The van der Waals surface area contributed by atoms with Gasteiger partial charge in [0, 0.05) is 23.6 Å². The molecule has 0 amide bonds. The standard InChI is InChI=1S/C13H9F3N2O2.Na/c14-13(15,16)12(20)7-11(19)9-1-3-10(4-2-9)18-6-5-17-8-18;/h1-8,20H;/q;+1/p-1/b12-7+;. The van der Waals surface area contributed by atoms with E-state index in [1.54, 1.807) is 29.1 Å². The molecule has 0 aliphatic heterocycles. The van der Waals surface area contributed by atoms with Crippen LogP contribution in [0.2, 0.25) is 0 Å². The van der Waals surface area contributed by atoms with E-state index in [-0.39, 0.29) is 41.2 Å². The van der Waals surface area contributed by atoms with Gasteiger partial charge in [-0.2, -0.15) is 13.2 Å². The van der Waals surface area contributed by atoms with E-state index in [2.05, 4.69) is 4.98 Å². The maximum Gasteiger partial charge on any atom is 1.00 e. The molecule has 1 heterocycles. The molecule has 1 aromatic heterocycles. The zero-order chi connectivity index (χ0) is 14.8. The van der Waals surface area contributed by atoms with Crippen molar-refractivity contribution in [2.24, 2.45) is 0 Å². The van der Waals surface area contributed by atoms with Crippen LogP contribution in [0.5, 0.6) is 0 Å². The van der Waals surface area contributed by atoms with Crippen molar-refractivity contribution in [2.45, 2.75) is 6.18 Å². The van der Waals surface area contributed by atoms with Crippen LogP contribution in [0.1, 0.15) is 10.4 Å². The van der Waals surface area contributed by atoms with Crippen LogP contribution in [0.25, 0.3) is 5.69 Å². The Kier molecular flexibility index (Phi) is 5.77. The molecule has 0 fully saturated rings. The number of allylic oxidation sites excluding steroid dienone is 2. The van der Waals surface area contributed by atoms with Crippen LogP contribution in [0.15, 0.2) is 54.8 Å². The molecule has 0 saturated heterocycles. The first kappa shape index (κ1) is 17.5. The number of carbonyl (C=O) groups is 1. The predicted octanol–water partition coefficient (Wildman–Crippen LogP) is -1.13. The van der Waals surface area contributed by atoms with E-state index in [1.165, 1.54) is 18.5 Å². The number of carbonyl (C=O) groups excluding carboxylic acids is 1. The number of imidazole rings is 1. The van der Waals surface area contributed by atoms with Gasteiger partial charge in [-0.25, -0.2) is 4.98 Å². The monoisotopic (exact) mass is 304 g/mol. The number of halogens is 3. The molecule has 0 aliphatic carbocycles. The molecule has 0 bridgehead atoms. The van der Waals surface area contributed by atoms with Crippen molar-refractivity contribution in [3.8, 4) is 5.69 Å². The molecule has 2 aromatic rings. The third kappa shape index (κ3) is 4.45. The maximum absolute atomic E-state index is 12.0. The summed E-state index contributed by atoms with van der Waals surface area (Å²) in [4.78, 5) is 15.3. The van der Waals surface area contributed by atoms with Crippen LogP contribution in [-0.2, 0) is 0 Å². The maximum atomic E-state index is 12.0. The average Bonchev–Trinajstić information content (AvgIpc) is 2.91. The van der Waals surface area contributed by atoms with E-state index < -0.39 is 17.7 Å². The summed E-state index contributed by atoms with van der Waals surface area (Å²) in [5, 5.41) is 10.7. The van der Waals surface area contributed by atoms with E-state index in [9.17, 15) is 23.1 Å². The largest absolute Gasteiger partial charge is 1.00 e. The van der Waals surface area contributed by atoms with E-state index >= 15 is 0 Å². The first-order valence-corrected chi connectivity index (χ1v) is 5.46. The molecule has 0 unspecified atom stereocenters. The fraction of sp³-hybridized carbons (Fsp3) is 0.0769. The summed E-state index contributed by atoms with van der Waals surface area (Å²) >= 11 is 0. The fourth-order valence-corrected chi connectivity index (χ4v) is 1.49. The number of nitrogens with zero attached hydrogens (tertiary/aromatic N) is 2. The molecule has 0 saturated carbocycles. The van der Waals surface area contributed by atoms with Crippen molar-refractivity contribution < 1.29 is 52.6 Å². The van der Waals surface area contributed by atoms with Gasteiger partial charge < -0.3 is 9.67 Å². The van der Waals surface area contributed by atoms with Gasteiger partial charge in [-0.3, -0.25) is 4.79 Å². The van der Waals surface area contributed by atoms with Crippen LogP contribution in [0.3, 0.4) is 0 Å². The topological polar surface area (TPSA) is 57.9 Å². The van der Waals surface area contributed by atoms with Gasteiger partial charge in [0.1, 0.15) is 0 Å². The normalized spacial score (nSPS) is 11.9. The minimum atomic E-state index is -5.04. The molecule has 0 aliphatic rings. The molecule has 0 atom stereocenters. The summed E-state index contributed by atoms with van der Waals surface area (Å²) in [5.74, 6) is -3.15. The summed E-state index contributed by atoms with van der Waals surface area (Å²) in [6.07, 6.45) is -0.209. The number of benzene rings is 1. The smallest absolute Gasteiger partial charge is 0.869 e. The Bertz CT molecular complexity index is 634. The number of rotatable bonds is 3. The summed E-state index contributed by atoms with van der Waals surface area (Å²) < 4.78 is 37.8. The van der Waals surface area contributed by atoms with Crippen molar-refractivity contribution in [2.75, 3.05) is 0 Å². The van der Waals surface area contributed by atoms with Gasteiger partial charge in [0.15, 0.2) is 5.78 Å². The van der Waals surface area contributed by atoms with Gasteiger partial charge in [0.25, 0.3) is 0 Å². The van der Waals surface area contributed by atoms with Crippen LogP contribution >= 0.6 is 0 Å². The quantitative estimate of drug-likeness (QED) is 0.312. The second-order valence-electron chi connectivity index (χ2n) is 3.89. The Labute approximate surface area is 140 Å². The van der Waals surface area contributed by atoms with E-state index in [4.69, 9.17) is 0 Å². The second kappa shape index (κ2) is 6.93. The SMILES string of the molecule is O=C(/C=C(/[O-])C(F)(F)F)c1ccc(-n2ccnc2)cc1.[Na+]. The predicted molar refractivity (Wildman–Crippen MR) is 62.0 cm³/mol. The van der Waals surface area contributed by atoms with Crippen molar-refractivity contribution in [1.29, 1.82) is 0 Å². The van der Waals surface area contributed by atoms with E-state index in [0.717, 1.165) is 0 Å². The van der Waals surface area contributed by atoms with Crippen molar-refractivity contribution in [3.05, 3.63) is 60.4 Å². The summed E-state index contributed by atoms with van der Waals surface area (Å²) in [5.41, 5.74) is 0.702. The van der Waals surface area contributed by atoms with Gasteiger partial charge in [-0.15, -0.1) is 0 Å². The number of aromatic nitrogens is 2. The summed E-state index contributed by atoms with van der Waals surface area (Å²) in [6.45, 7) is 0. The Morgan fingerprint density at radius 2 is 1.86 bits per heavy atom. The Morgan fingerprint density at radius 1 is 1.24 bits per heavy atom. The molecule has 104 valence electrons. The first-order chi connectivity index (χ1) is 9.38. The van der Waals surface area contributed by atoms with Crippen LogP contribution in [-0.4, -0.2) is 21.5 Å². The van der Waals surface area contributed by atoms with Crippen LogP contribution in [0, 0.1) is 0 Å². The molecule has 4 nitrogen and oxygen atoms in total. The molecular formula is C13H8F3N2NaO2. The second-order valence-corrected chi connectivity index (χ2v) is 3.89. The van der Waals surface area contributed by atoms with E-state index in [0.29, 0.717) is 5.69 Å². The van der Waals surface area contributed by atoms with Crippen molar-refractivity contribution >= 4 is 5.78 Å². The zero-order valence-corrected chi connectivity index (χ0v) is 13.0. The number of hydrogen-bond donors (Lipinski definition) is 0. The number of hydrogen-bond acceptors (Lipinski definition) is 3. The molecule has 2 rings (SSSR count). The molecule has 21 heavy (non-hydrogen) atoms. The van der Waals surface area contributed by atoms with Crippen LogP contribution < -0.4 is 34.7 Å². The molecule has 8 heteroatoms. The molecule has 0 N–H and O–H groups in total. The van der Waals surface area contributed by atoms with E-state index in [1.807, 2.05) is 0 Å². The van der Waals surface area contributed by atoms with Crippen molar-refractivity contribution in [1.82, 2.24) is 9.55 Å². The molecule has 0 radical (unpaired) electrons. The number of ketones is 1. The summed E-state index contributed by atoms with van der Waals surface area (Å²) in [6, 6.07) is 5.78. The minimum Gasteiger partial charge on any atom is -0.869 e. The third-order valence-electron chi connectivity index (χ3n) is 2.50. The Balaban J connectivity index is 0.00000220. The van der Waals surface area contributed by atoms with Crippen LogP contribution in [0.4, 0.5) is 13.2 Å². The molecular weight excluding hydrogens is 296 g/mol. The van der Waals surface area contributed by atoms with Crippen molar-refractivity contribution in [3.63, 3.8) is 0 Å². The van der Waals surface area contributed by atoms with Gasteiger partial charge >= 0.3 is 35.7 Å². The molecule has 0 spiro atoms. The zero-order valence-electron chi connectivity index (χ0n) is 11.0. The average molecular weight is 304 g/mol. The van der Waals surface area contributed by atoms with Gasteiger partial charge in [-0.05, 0) is 36.1 Å². The minimum absolute atomic E-state index is 0. The van der Waals surface area contributed by atoms with Gasteiger partial charge in [-0.1, -0.05) is 0 Å². The molecule has 1 aromatic carbocycles. The fourth-order valence-electron chi connectivity index (χ4n) is 1.49. The Hall–Kier alpha value is -1.57.